The second-order valence-corrected chi connectivity index (χ2v) is 7.96. The highest BCUT2D eigenvalue weighted by Crippen LogP contribution is 2.11. The molecule has 0 saturated carbocycles. The molecule has 1 atom stereocenters. The molecule has 0 saturated heterocycles. The zero-order chi connectivity index (χ0) is 21.1. The van der Waals surface area contributed by atoms with Crippen molar-refractivity contribution < 1.29 is 14.3 Å². The van der Waals surface area contributed by atoms with Gasteiger partial charge in [-0.05, 0) is 53.7 Å². The van der Waals surface area contributed by atoms with Crippen molar-refractivity contribution in [3.8, 4) is 0 Å². The van der Waals surface area contributed by atoms with E-state index in [-0.39, 0.29) is 24.1 Å². The Morgan fingerprint density at radius 1 is 1.21 bits per heavy atom. The van der Waals surface area contributed by atoms with E-state index in [0.29, 0.717) is 16.7 Å². The van der Waals surface area contributed by atoms with Crippen LogP contribution in [0.2, 0.25) is 0 Å². The number of aromatic nitrogens is 2. The first-order valence-electron chi connectivity index (χ1n) is 9.26. The molecule has 2 aromatic rings. The Balaban J connectivity index is 2.17. The lowest BCUT2D eigenvalue weighted by Gasteiger charge is -2.30. The van der Waals surface area contributed by atoms with Crippen molar-refractivity contribution in [2.45, 2.75) is 65.8 Å². The van der Waals surface area contributed by atoms with E-state index in [4.69, 9.17) is 4.74 Å². The van der Waals surface area contributed by atoms with Crippen LogP contribution in [0.3, 0.4) is 0 Å². The largest absolute Gasteiger partial charge is 0.444 e. The molecule has 0 aliphatic heterocycles. The molecule has 1 aromatic carbocycles. The zero-order valence-electron chi connectivity index (χ0n) is 17.2. The van der Waals surface area contributed by atoms with Gasteiger partial charge < -0.3 is 19.9 Å². The van der Waals surface area contributed by atoms with E-state index in [1.54, 1.807) is 56.9 Å². The van der Waals surface area contributed by atoms with Crippen molar-refractivity contribution in [3.05, 3.63) is 40.4 Å². The summed E-state index contributed by atoms with van der Waals surface area (Å²) in [5.41, 5.74) is -0.340. The van der Waals surface area contributed by atoms with Gasteiger partial charge in [-0.15, -0.1) is 0 Å². The molecule has 2 amide bonds. The van der Waals surface area contributed by atoms with E-state index >= 15 is 0 Å². The van der Waals surface area contributed by atoms with Gasteiger partial charge in [-0.2, -0.15) is 0 Å². The van der Waals surface area contributed by atoms with Crippen LogP contribution in [0.15, 0.2) is 29.1 Å². The van der Waals surface area contributed by atoms with Crippen LogP contribution in [-0.2, 0) is 16.1 Å². The van der Waals surface area contributed by atoms with Gasteiger partial charge in [0.05, 0.1) is 17.4 Å². The number of fused-ring (bicyclic) bond motifs is 1. The molecule has 0 fully saturated rings. The molecule has 8 nitrogen and oxygen atoms in total. The summed E-state index contributed by atoms with van der Waals surface area (Å²) in [5, 5.41) is 3.05. The number of amides is 2. The predicted octanol–water partition coefficient (Wildman–Crippen LogP) is 2.57. The maximum absolute atomic E-state index is 12.9. The minimum Gasteiger partial charge on any atom is -0.444 e. The summed E-state index contributed by atoms with van der Waals surface area (Å²) in [6.45, 7) is 10.7. The Hall–Kier alpha value is -2.90. The number of nitrogens with zero attached hydrogens (tertiary/aromatic N) is 2. The number of H-pyrrole nitrogens is 1. The SMILES string of the molecule is CC(NC(=O)OC(C)(C)C)C(=O)N(Cc1nc2ccccc2c(=O)[nH]1)C(C)C. The van der Waals surface area contributed by atoms with Crippen LogP contribution in [0.1, 0.15) is 47.4 Å². The highest BCUT2D eigenvalue weighted by Gasteiger charge is 2.27. The van der Waals surface area contributed by atoms with Gasteiger partial charge in [-0.1, -0.05) is 12.1 Å². The quantitative estimate of drug-likeness (QED) is 0.819. The Morgan fingerprint density at radius 2 is 1.86 bits per heavy atom. The third-order valence-corrected chi connectivity index (χ3v) is 3.99. The zero-order valence-corrected chi connectivity index (χ0v) is 17.2. The standard InChI is InChI=1S/C20H28N4O4/c1-12(2)24(18(26)13(3)21-19(27)28-20(4,5)6)11-16-22-15-10-8-7-9-14(15)17(25)23-16/h7-10,12-13H,11H2,1-6H3,(H,21,27)(H,22,23,25). The van der Waals surface area contributed by atoms with E-state index in [0.717, 1.165) is 0 Å². The summed E-state index contributed by atoms with van der Waals surface area (Å²) in [6.07, 6.45) is -0.658. The monoisotopic (exact) mass is 388 g/mol. The summed E-state index contributed by atoms with van der Waals surface area (Å²) in [5.74, 6) is 0.0897. The third kappa shape index (κ3) is 5.55. The minimum absolute atomic E-state index is 0.122. The van der Waals surface area contributed by atoms with Crippen LogP contribution >= 0.6 is 0 Å². The number of carbonyl (C=O) groups excluding carboxylic acids is 2. The summed E-state index contributed by atoms with van der Waals surface area (Å²) >= 11 is 0. The number of hydrogen-bond acceptors (Lipinski definition) is 5. The summed E-state index contributed by atoms with van der Waals surface area (Å²) in [6, 6.07) is 6.08. The van der Waals surface area contributed by atoms with E-state index < -0.39 is 17.7 Å². The van der Waals surface area contributed by atoms with Crippen LogP contribution in [0.4, 0.5) is 4.79 Å². The van der Waals surface area contributed by atoms with Crippen LogP contribution in [-0.4, -0.2) is 44.6 Å². The number of benzene rings is 1. The molecule has 1 aromatic heterocycles. The fourth-order valence-corrected chi connectivity index (χ4v) is 2.68. The van der Waals surface area contributed by atoms with E-state index in [2.05, 4.69) is 15.3 Å². The number of para-hydroxylation sites is 1. The first-order valence-corrected chi connectivity index (χ1v) is 9.26. The highest BCUT2D eigenvalue weighted by atomic mass is 16.6. The molecule has 152 valence electrons. The van der Waals surface area contributed by atoms with Gasteiger partial charge in [-0.25, -0.2) is 9.78 Å². The maximum Gasteiger partial charge on any atom is 0.408 e. The lowest BCUT2D eigenvalue weighted by molar-refractivity contribution is -0.135. The molecule has 0 bridgehead atoms. The first-order chi connectivity index (χ1) is 13.0. The fourth-order valence-electron chi connectivity index (χ4n) is 2.68. The lowest BCUT2D eigenvalue weighted by Crippen LogP contribution is -2.50. The smallest absolute Gasteiger partial charge is 0.408 e. The van der Waals surface area contributed by atoms with Gasteiger partial charge in [0.1, 0.15) is 17.5 Å². The second-order valence-electron chi connectivity index (χ2n) is 7.96. The van der Waals surface area contributed by atoms with Crippen molar-refractivity contribution in [3.63, 3.8) is 0 Å². The van der Waals surface area contributed by atoms with Crippen LogP contribution < -0.4 is 10.9 Å². The number of rotatable bonds is 5. The highest BCUT2D eigenvalue weighted by molar-refractivity contribution is 5.85. The van der Waals surface area contributed by atoms with Crippen molar-refractivity contribution in [1.29, 1.82) is 0 Å². The molecular formula is C20H28N4O4. The molecule has 0 radical (unpaired) electrons. The topological polar surface area (TPSA) is 104 Å². The fraction of sp³-hybridized carbons (Fsp3) is 0.500. The Kier molecular flexibility index (Phi) is 6.43. The molecule has 1 unspecified atom stereocenters. The average molecular weight is 388 g/mol. The number of nitrogens with one attached hydrogen (secondary N) is 2. The Labute approximate surface area is 164 Å². The molecule has 2 rings (SSSR count). The number of aromatic amines is 1. The molecule has 0 spiro atoms. The van der Waals surface area contributed by atoms with Crippen molar-refractivity contribution >= 4 is 22.9 Å². The summed E-state index contributed by atoms with van der Waals surface area (Å²) in [7, 11) is 0. The first kappa shape index (κ1) is 21.4. The minimum atomic E-state index is -0.788. The van der Waals surface area contributed by atoms with Gasteiger partial charge in [0.15, 0.2) is 0 Å². The van der Waals surface area contributed by atoms with E-state index in [1.165, 1.54) is 0 Å². The molecule has 1 heterocycles. The molecule has 0 aliphatic rings. The second kappa shape index (κ2) is 8.41. The van der Waals surface area contributed by atoms with Crippen molar-refractivity contribution in [1.82, 2.24) is 20.2 Å². The van der Waals surface area contributed by atoms with Gasteiger partial charge in [0.25, 0.3) is 5.56 Å². The van der Waals surface area contributed by atoms with Gasteiger partial charge in [-0.3, -0.25) is 9.59 Å². The average Bonchev–Trinajstić information content (AvgIpc) is 2.57. The van der Waals surface area contributed by atoms with Crippen molar-refractivity contribution in [2.24, 2.45) is 0 Å². The number of carbonyl (C=O) groups is 2. The van der Waals surface area contributed by atoms with Gasteiger partial charge in [0.2, 0.25) is 5.91 Å². The number of ether oxygens (including phenoxy) is 1. The number of hydrogen-bond donors (Lipinski definition) is 2. The molecule has 8 heteroatoms. The maximum atomic E-state index is 12.9. The predicted molar refractivity (Wildman–Crippen MR) is 107 cm³/mol. The number of alkyl carbamates (subject to hydrolysis) is 1. The Bertz CT molecular complexity index is 914. The van der Waals surface area contributed by atoms with Gasteiger partial charge >= 0.3 is 6.09 Å². The lowest BCUT2D eigenvalue weighted by atomic mass is 10.2. The van der Waals surface area contributed by atoms with Crippen LogP contribution in [0.25, 0.3) is 10.9 Å². The molecule has 0 aliphatic carbocycles. The van der Waals surface area contributed by atoms with E-state index in [9.17, 15) is 14.4 Å². The van der Waals surface area contributed by atoms with Crippen molar-refractivity contribution in [2.75, 3.05) is 0 Å². The Morgan fingerprint density at radius 3 is 2.46 bits per heavy atom. The molecule has 2 N–H and O–H groups in total. The van der Waals surface area contributed by atoms with Crippen LogP contribution in [0.5, 0.6) is 0 Å². The molecular weight excluding hydrogens is 360 g/mol. The summed E-state index contributed by atoms with van der Waals surface area (Å²) < 4.78 is 5.20. The molecule has 28 heavy (non-hydrogen) atoms. The summed E-state index contributed by atoms with van der Waals surface area (Å²) in [4.78, 5) is 45.8. The van der Waals surface area contributed by atoms with Crippen LogP contribution in [0, 0.1) is 0 Å². The van der Waals surface area contributed by atoms with Gasteiger partial charge in [0, 0.05) is 6.04 Å². The normalized spacial score (nSPS) is 12.7. The third-order valence-electron chi connectivity index (χ3n) is 3.99. The van der Waals surface area contributed by atoms with E-state index in [1.807, 2.05) is 13.8 Å².